The van der Waals surface area contributed by atoms with Crippen molar-refractivity contribution in [3.05, 3.63) is 35.6 Å². The van der Waals surface area contributed by atoms with Gasteiger partial charge in [-0.1, -0.05) is 44.7 Å². The predicted octanol–water partition coefficient (Wildman–Crippen LogP) is 3.75. The molecular formula is C20H30FN3OS. The van der Waals surface area contributed by atoms with Crippen LogP contribution < -0.4 is 10.6 Å². The van der Waals surface area contributed by atoms with E-state index in [0.29, 0.717) is 24.2 Å². The van der Waals surface area contributed by atoms with Gasteiger partial charge in [-0.25, -0.2) is 4.39 Å². The molecule has 0 aliphatic heterocycles. The third kappa shape index (κ3) is 6.90. The van der Waals surface area contributed by atoms with Crippen molar-refractivity contribution in [2.45, 2.75) is 64.5 Å². The van der Waals surface area contributed by atoms with Crippen LogP contribution in [0.4, 0.5) is 4.39 Å². The zero-order valence-electron chi connectivity index (χ0n) is 15.6. The quantitative estimate of drug-likeness (QED) is 0.533. The maximum Gasteiger partial charge on any atom is 0.239 e. The Morgan fingerprint density at radius 3 is 2.54 bits per heavy atom. The number of carbonyl (C=O) groups excluding carboxylic acids is 1. The fourth-order valence-corrected chi connectivity index (χ4v) is 3.56. The summed E-state index contributed by atoms with van der Waals surface area (Å²) < 4.78 is 13.2. The van der Waals surface area contributed by atoms with Crippen molar-refractivity contribution >= 4 is 23.2 Å². The first kappa shape index (κ1) is 20.6. The van der Waals surface area contributed by atoms with Crippen LogP contribution in [0.2, 0.25) is 0 Å². The van der Waals surface area contributed by atoms with E-state index < -0.39 is 0 Å². The first-order chi connectivity index (χ1) is 12.6. The molecule has 0 heterocycles. The first-order valence-electron chi connectivity index (χ1n) is 9.65. The lowest BCUT2D eigenvalue weighted by molar-refractivity contribution is -0.120. The van der Waals surface area contributed by atoms with Crippen LogP contribution in [0.3, 0.4) is 0 Å². The number of carbonyl (C=O) groups is 1. The molecule has 0 spiro atoms. The molecule has 2 N–H and O–H groups in total. The Morgan fingerprint density at radius 1 is 1.19 bits per heavy atom. The summed E-state index contributed by atoms with van der Waals surface area (Å²) in [5.74, 6) is -0.270. The van der Waals surface area contributed by atoms with Crippen molar-refractivity contribution in [3.8, 4) is 0 Å². The minimum atomic E-state index is -0.234. The second-order valence-electron chi connectivity index (χ2n) is 6.91. The third-order valence-electron chi connectivity index (χ3n) is 4.80. The van der Waals surface area contributed by atoms with E-state index in [2.05, 4.69) is 22.5 Å². The lowest BCUT2D eigenvalue weighted by Crippen LogP contribution is -2.48. The molecule has 1 amide bonds. The number of benzene rings is 1. The van der Waals surface area contributed by atoms with Gasteiger partial charge in [0.05, 0.1) is 6.54 Å². The molecule has 4 nitrogen and oxygen atoms in total. The number of nitrogens with one attached hydrogen (secondary N) is 2. The van der Waals surface area contributed by atoms with Crippen molar-refractivity contribution < 1.29 is 9.18 Å². The van der Waals surface area contributed by atoms with Gasteiger partial charge in [0.2, 0.25) is 5.91 Å². The van der Waals surface area contributed by atoms with Crippen LogP contribution in [-0.4, -0.2) is 35.1 Å². The van der Waals surface area contributed by atoms with Crippen LogP contribution in [0.1, 0.15) is 57.4 Å². The van der Waals surface area contributed by atoms with Crippen LogP contribution in [0.5, 0.6) is 0 Å². The highest BCUT2D eigenvalue weighted by Gasteiger charge is 2.23. The fourth-order valence-electron chi connectivity index (χ4n) is 3.27. The fraction of sp³-hybridized carbons (Fsp3) is 0.600. The number of hydrogen-bond donors (Lipinski definition) is 2. The van der Waals surface area contributed by atoms with Crippen LogP contribution in [0.25, 0.3) is 0 Å². The Labute approximate surface area is 161 Å². The van der Waals surface area contributed by atoms with E-state index in [1.54, 1.807) is 12.1 Å². The van der Waals surface area contributed by atoms with Gasteiger partial charge in [-0.2, -0.15) is 0 Å². The standard InChI is InChI=1S/C20H30FN3OS/c1-2-3-13-22-19(25)14-23-20(26)24(18-7-5-4-6-8-18)15-16-9-11-17(21)12-10-16/h9-12,18H,2-8,13-15H2,1H3,(H,22,25)(H,23,26). The van der Waals surface area contributed by atoms with E-state index >= 15 is 0 Å². The predicted molar refractivity (Wildman–Crippen MR) is 107 cm³/mol. The van der Waals surface area contributed by atoms with Crippen molar-refractivity contribution in [2.24, 2.45) is 0 Å². The molecule has 1 aliphatic carbocycles. The maximum absolute atomic E-state index is 13.2. The van der Waals surface area contributed by atoms with Crippen LogP contribution in [0, 0.1) is 5.82 Å². The number of amides is 1. The normalized spacial score (nSPS) is 14.7. The number of hydrogen-bond acceptors (Lipinski definition) is 2. The summed E-state index contributed by atoms with van der Waals surface area (Å²) in [6.07, 6.45) is 7.90. The lowest BCUT2D eigenvalue weighted by atomic mass is 9.94. The highest BCUT2D eigenvalue weighted by atomic mass is 32.1. The zero-order chi connectivity index (χ0) is 18.8. The van der Waals surface area contributed by atoms with Gasteiger partial charge in [0.25, 0.3) is 0 Å². The summed E-state index contributed by atoms with van der Waals surface area (Å²) in [6.45, 7) is 3.62. The Morgan fingerprint density at radius 2 is 1.88 bits per heavy atom. The number of rotatable bonds is 8. The lowest BCUT2D eigenvalue weighted by Gasteiger charge is -2.36. The second kappa shape index (κ2) is 11.1. The molecule has 1 aliphatic rings. The minimum absolute atomic E-state index is 0.0359. The number of unbranched alkanes of at least 4 members (excludes halogenated alkanes) is 1. The third-order valence-corrected chi connectivity index (χ3v) is 5.17. The summed E-state index contributed by atoms with van der Waals surface area (Å²) >= 11 is 5.60. The molecule has 1 aromatic carbocycles. The summed E-state index contributed by atoms with van der Waals surface area (Å²) in [4.78, 5) is 14.1. The molecule has 26 heavy (non-hydrogen) atoms. The largest absolute Gasteiger partial charge is 0.355 e. The topological polar surface area (TPSA) is 44.4 Å². The molecule has 6 heteroatoms. The van der Waals surface area contributed by atoms with Gasteiger partial charge in [0, 0.05) is 19.1 Å². The van der Waals surface area contributed by atoms with Gasteiger partial charge >= 0.3 is 0 Å². The molecule has 1 saturated carbocycles. The van der Waals surface area contributed by atoms with Gasteiger partial charge in [0.15, 0.2) is 5.11 Å². The van der Waals surface area contributed by atoms with E-state index in [9.17, 15) is 9.18 Å². The van der Waals surface area contributed by atoms with Gasteiger partial charge in [0.1, 0.15) is 5.82 Å². The summed E-state index contributed by atoms with van der Waals surface area (Å²) in [5, 5.41) is 6.61. The maximum atomic E-state index is 13.2. The van der Waals surface area contributed by atoms with E-state index in [1.807, 2.05) is 0 Å². The van der Waals surface area contributed by atoms with Crippen molar-refractivity contribution in [2.75, 3.05) is 13.1 Å². The van der Waals surface area contributed by atoms with Gasteiger partial charge in [-0.3, -0.25) is 4.79 Å². The van der Waals surface area contributed by atoms with Crippen molar-refractivity contribution in [3.63, 3.8) is 0 Å². The van der Waals surface area contributed by atoms with E-state index in [0.717, 1.165) is 31.2 Å². The molecule has 0 atom stereocenters. The molecule has 2 rings (SSSR count). The highest BCUT2D eigenvalue weighted by molar-refractivity contribution is 7.80. The monoisotopic (exact) mass is 379 g/mol. The molecular weight excluding hydrogens is 349 g/mol. The first-order valence-corrected chi connectivity index (χ1v) is 10.1. The average molecular weight is 380 g/mol. The summed E-state index contributed by atoms with van der Waals surface area (Å²) in [7, 11) is 0. The molecule has 0 bridgehead atoms. The smallest absolute Gasteiger partial charge is 0.239 e. The van der Waals surface area contributed by atoms with E-state index in [-0.39, 0.29) is 18.3 Å². The minimum Gasteiger partial charge on any atom is -0.355 e. The number of thiocarbonyl (C=S) groups is 1. The molecule has 144 valence electrons. The molecule has 0 radical (unpaired) electrons. The van der Waals surface area contributed by atoms with E-state index in [4.69, 9.17) is 12.2 Å². The summed E-state index contributed by atoms with van der Waals surface area (Å²) in [6, 6.07) is 6.92. The van der Waals surface area contributed by atoms with Gasteiger partial charge < -0.3 is 15.5 Å². The average Bonchev–Trinajstić information content (AvgIpc) is 2.66. The molecule has 1 aromatic rings. The SMILES string of the molecule is CCCCNC(=O)CNC(=S)N(Cc1ccc(F)cc1)C1CCCCC1. The van der Waals surface area contributed by atoms with Crippen LogP contribution in [0.15, 0.2) is 24.3 Å². The molecule has 0 unspecified atom stereocenters. The molecule has 0 saturated heterocycles. The second-order valence-corrected chi connectivity index (χ2v) is 7.30. The molecule has 1 fully saturated rings. The summed E-state index contributed by atoms with van der Waals surface area (Å²) in [5.41, 5.74) is 1.02. The Kier molecular flexibility index (Phi) is 8.81. The number of nitrogens with zero attached hydrogens (tertiary/aromatic N) is 1. The van der Waals surface area contributed by atoms with Gasteiger partial charge in [-0.15, -0.1) is 0 Å². The van der Waals surface area contributed by atoms with Crippen LogP contribution >= 0.6 is 12.2 Å². The van der Waals surface area contributed by atoms with E-state index in [1.165, 1.54) is 31.4 Å². The van der Waals surface area contributed by atoms with Crippen molar-refractivity contribution in [1.82, 2.24) is 15.5 Å². The van der Waals surface area contributed by atoms with Crippen LogP contribution in [-0.2, 0) is 11.3 Å². The molecule has 0 aromatic heterocycles. The highest BCUT2D eigenvalue weighted by Crippen LogP contribution is 2.24. The Hall–Kier alpha value is -1.69. The Balaban J connectivity index is 1.94. The number of halogens is 1. The van der Waals surface area contributed by atoms with Gasteiger partial charge in [-0.05, 0) is 49.2 Å². The van der Waals surface area contributed by atoms with Crippen molar-refractivity contribution in [1.29, 1.82) is 0 Å². The Bertz CT molecular complexity index is 573. The zero-order valence-corrected chi connectivity index (χ0v) is 16.4.